The van der Waals surface area contributed by atoms with E-state index in [2.05, 4.69) is 37.6 Å². The van der Waals surface area contributed by atoms with Crippen molar-refractivity contribution in [1.82, 2.24) is 15.1 Å². The van der Waals surface area contributed by atoms with E-state index in [-0.39, 0.29) is 35.8 Å². The van der Waals surface area contributed by atoms with E-state index < -0.39 is 0 Å². The van der Waals surface area contributed by atoms with Crippen LogP contribution in [0.15, 0.2) is 29.3 Å². The highest BCUT2D eigenvalue weighted by Crippen LogP contribution is 2.25. The normalized spacial score (nSPS) is 23.0. The van der Waals surface area contributed by atoms with E-state index in [0.29, 0.717) is 12.6 Å². The Morgan fingerprint density at radius 3 is 2.66 bits per heavy atom. The second-order valence-electron chi connectivity index (χ2n) is 8.96. The number of nitrogens with zero attached hydrogens (tertiary/aromatic N) is 3. The molecule has 1 aromatic rings. The number of rotatable bonds is 5. The van der Waals surface area contributed by atoms with Crippen LogP contribution in [0.5, 0.6) is 0 Å². The van der Waals surface area contributed by atoms with E-state index in [1.165, 1.54) is 25.7 Å². The van der Waals surface area contributed by atoms with Crippen LogP contribution in [0.4, 0.5) is 5.69 Å². The van der Waals surface area contributed by atoms with Gasteiger partial charge in [-0.3, -0.25) is 14.7 Å². The summed E-state index contributed by atoms with van der Waals surface area (Å²) in [7, 11) is 1.85. The van der Waals surface area contributed by atoms with Gasteiger partial charge >= 0.3 is 0 Å². The lowest BCUT2D eigenvalue weighted by Crippen LogP contribution is -2.46. The number of hydrogen-bond acceptors (Lipinski definition) is 4. The lowest BCUT2D eigenvalue weighted by atomic mass is 9.88. The molecule has 1 aromatic carbocycles. The minimum absolute atomic E-state index is 0. The van der Waals surface area contributed by atoms with Crippen LogP contribution >= 0.6 is 24.0 Å². The second-order valence-corrected chi connectivity index (χ2v) is 8.96. The van der Waals surface area contributed by atoms with Gasteiger partial charge in [0.1, 0.15) is 0 Å². The molecule has 4 rings (SSSR count). The van der Waals surface area contributed by atoms with Crippen LogP contribution in [0.2, 0.25) is 0 Å². The van der Waals surface area contributed by atoms with Crippen molar-refractivity contribution in [2.24, 2.45) is 10.9 Å². The van der Waals surface area contributed by atoms with Gasteiger partial charge in [-0.2, -0.15) is 0 Å². The highest BCUT2D eigenvalue weighted by molar-refractivity contribution is 14.0. The monoisotopic (exact) mass is 555 g/mol. The van der Waals surface area contributed by atoms with Crippen molar-refractivity contribution in [3.05, 3.63) is 29.8 Å². The van der Waals surface area contributed by atoms with Crippen LogP contribution in [0.3, 0.4) is 0 Å². The summed E-state index contributed by atoms with van der Waals surface area (Å²) in [6.07, 6.45) is 6.81. The Labute approximate surface area is 209 Å². The molecule has 0 aromatic heterocycles. The molecule has 0 radical (unpaired) electrons. The third-order valence-electron chi connectivity index (χ3n) is 6.86. The number of hydrogen-bond donors (Lipinski definition) is 2. The standard InChI is InChI=1S/C24H37N5O2.HI/c1-25-24(29-11-10-22(18-29)28-12-14-31-15-13-28)26-17-19-6-5-9-21(16-19)27-23(30)20-7-3-2-4-8-20;/h5-6,9,16,20,22H,2-4,7-8,10-15,17-18H2,1H3,(H,25,26)(H,27,30);1H. The van der Waals surface area contributed by atoms with E-state index in [1.807, 2.05) is 19.2 Å². The summed E-state index contributed by atoms with van der Waals surface area (Å²) in [5, 5.41) is 6.64. The minimum atomic E-state index is 0. The molecule has 2 heterocycles. The number of amides is 1. The average Bonchev–Trinajstić information content (AvgIpc) is 3.31. The number of nitrogens with one attached hydrogen (secondary N) is 2. The smallest absolute Gasteiger partial charge is 0.227 e. The van der Waals surface area contributed by atoms with Crippen molar-refractivity contribution in [3.63, 3.8) is 0 Å². The largest absolute Gasteiger partial charge is 0.379 e. The molecule has 2 aliphatic heterocycles. The number of anilines is 1. The molecule has 8 heteroatoms. The molecule has 1 saturated carbocycles. The van der Waals surface area contributed by atoms with Gasteiger partial charge in [-0.15, -0.1) is 24.0 Å². The molecular formula is C24H38IN5O2. The van der Waals surface area contributed by atoms with Crippen molar-refractivity contribution in [2.45, 2.75) is 51.1 Å². The Kier molecular flexibility index (Phi) is 10.1. The number of likely N-dealkylation sites (tertiary alicyclic amines) is 1. The zero-order valence-electron chi connectivity index (χ0n) is 19.2. The molecular weight excluding hydrogens is 517 g/mol. The summed E-state index contributed by atoms with van der Waals surface area (Å²) in [5.74, 6) is 1.29. The molecule has 1 atom stereocenters. The van der Waals surface area contributed by atoms with Gasteiger partial charge < -0.3 is 20.3 Å². The molecule has 2 saturated heterocycles. The fourth-order valence-electron chi connectivity index (χ4n) is 5.06. The Balaban J connectivity index is 0.00000289. The number of halogens is 1. The lowest BCUT2D eigenvalue weighted by molar-refractivity contribution is -0.120. The highest BCUT2D eigenvalue weighted by Gasteiger charge is 2.30. The zero-order valence-corrected chi connectivity index (χ0v) is 21.6. The molecule has 7 nitrogen and oxygen atoms in total. The predicted octanol–water partition coefficient (Wildman–Crippen LogP) is 3.31. The Bertz CT molecular complexity index is 763. The van der Waals surface area contributed by atoms with Gasteiger partial charge in [0.15, 0.2) is 5.96 Å². The summed E-state index contributed by atoms with van der Waals surface area (Å²) < 4.78 is 5.49. The lowest BCUT2D eigenvalue weighted by Gasteiger charge is -2.32. The second kappa shape index (κ2) is 12.7. The fraction of sp³-hybridized carbons (Fsp3) is 0.667. The quantitative estimate of drug-likeness (QED) is 0.332. The first-order chi connectivity index (χ1) is 15.2. The van der Waals surface area contributed by atoms with Crippen molar-refractivity contribution < 1.29 is 9.53 Å². The number of benzene rings is 1. The molecule has 3 aliphatic rings. The number of morpholine rings is 1. The average molecular weight is 556 g/mol. The van der Waals surface area contributed by atoms with Gasteiger partial charge in [-0.1, -0.05) is 31.4 Å². The Morgan fingerprint density at radius 1 is 1.12 bits per heavy atom. The fourth-order valence-corrected chi connectivity index (χ4v) is 5.06. The molecule has 0 spiro atoms. The molecule has 0 bridgehead atoms. The zero-order chi connectivity index (χ0) is 21.5. The first-order valence-corrected chi connectivity index (χ1v) is 11.9. The third-order valence-corrected chi connectivity index (χ3v) is 6.86. The molecule has 178 valence electrons. The van der Waals surface area contributed by atoms with E-state index in [9.17, 15) is 4.79 Å². The summed E-state index contributed by atoms with van der Waals surface area (Å²) in [4.78, 5) is 22.0. The van der Waals surface area contributed by atoms with E-state index >= 15 is 0 Å². The number of carbonyl (C=O) groups excluding carboxylic acids is 1. The van der Waals surface area contributed by atoms with Gasteiger partial charge in [0.2, 0.25) is 5.91 Å². The predicted molar refractivity (Wildman–Crippen MR) is 140 cm³/mol. The first-order valence-electron chi connectivity index (χ1n) is 11.9. The van der Waals surface area contributed by atoms with Gasteiger partial charge in [0, 0.05) is 57.4 Å². The minimum Gasteiger partial charge on any atom is -0.379 e. The molecule has 1 aliphatic carbocycles. The topological polar surface area (TPSA) is 69.2 Å². The van der Waals surface area contributed by atoms with Crippen molar-refractivity contribution in [1.29, 1.82) is 0 Å². The number of ether oxygens (including phenoxy) is 1. The summed E-state index contributed by atoms with van der Waals surface area (Å²) in [5.41, 5.74) is 2.03. The number of guanidine groups is 1. The van der Waals surface area contributed by atoms with E-state index in [0.717, 1.165) is 69.4 Å². The SMILES string of the molecule is CN=C(NCc1cccc(NC(=O)C2CCCCC2)c1)N1CCC(N2CCOCC2)C1.I. The van der Waals surface area contributed by atoms with Gasteiger partial charge in [0.25, 0.3) is 0 Å². The molecule has 3 fully saturated rings. The van der Waals surface area contributed by atoms with Crippen molar-refractivity contribution in [2.75, 3.05) is 51.8 Å². The maximum atomic E-state index is 12.6. The highest BCUT2D eigenvalue weighted by atomic mass is 127. The number of carbonyl (C=O) groups is 1. The maximum absolute atomic E-state index is 12.6. The van der Waals surface area contributed by atoms with Crippen LogP contribution in [-0.4, -0.2) is 74.1 Å². The van der Waals surface area contributed by atoms with Crippen molar-refractivity contribution >= 4 is 41.5 Å². The van der Waals surface area contributed by atoms with E-state index in [4.69, 9.17) is 4.74 Å². The Hall–Kier alpha value is -1.39. The summed E-state index contributed by atoms with van der Waals surface area (Å²) in [6.45, 7) is 6.48. The van der Waals surface area contributed by atoms with Crippen LogP contribution in [-0.2, 0) is 16.1 Å². The van der Waals surface area contributed by atoms with Crippen LogP contribution in [0.1, 0.15) is 44.1 Å². The molecule has 32 heavy (non-hydrogen) atoms. The molecule has 1 amide bonds. The van der Waals surface area contributed by atoms with Gasteiger partial charge in [0.05, 0.1) is 13.2 Å². The van der Waals surface area contributed by atoms with Crippen LogP contribution in [0, 0.1) is 5.92 Å². The van der Waals surface area contributed by atoms with Crippen LogP contribution < -0.4 is 10.6 Å². The van der Waals surface area contributed by atoms with Gasteiger partial charge in [-0.05, 0) is 37.0 Å². The summed E-state index contributed by atoms with van der Waals surface area (Å²) >= 11 is 0. The first kappa shape index (κ1) is 25.2. The third kappa shape index (κ3) is 6.81. The molecule has 2 N–H and O–H groups in total. The summed E-state index contributed by atoms with van der Waals surface area (Å²) in [6, 6.07) is 8.74. The van der Waals surface area contributed by atoms with E-state index in [1.54, 1.807) is 0 Å². The molecule has 1 unspecified atom stereocenters. The van der Waals surface area contributed by atoms with Crippen molar-refractivity contribution in [3.8, 4) is 0 Å². The van der Waals surface area contributed by atoms with Gasteiger partial charge in [-0.25, -0.2) is 0 Å². The van der Waals surface area contributed by atoms with Crippen LogP contribution in [0.25, 0.3) is 0 Å². The Morgan fingerprint density at radius 2 is 1.91 bits per heavy atom. The number of aliphatic imine (C=N–C) groups is 1. The maximum Gasteiger partial charge on any atom is 0.227 e.